The second kappa shape index (κ2) is 9.00. The number of guanidine groups is 1. The number of nitrogens with one attached hydrogen (secondary N) is 1. The highest BCUT2D eigenvalue weighted by Crippen LogP contribution is 2.18. The van der Waals surface area contributed by atoms with Crippen molar-refractivity contribution in [3.05, 3.63) is 48.0 Å². The molecule has 1 amide bonds. The summed E-state index contributed by atoms with van der Waals surface area (Å²) in [5.74, 6) is 0.189. The molecule has 0 heterocycles. The molecule has 2 rings (SSSR count). The minimum atomic E-state index is -0.300. The lowest BCUT2D eigenvalue weighted by Crippen LogP contribution is -2.37. The first-order chi connectivity index (χ1) is 10.6. The molecule has 2 aromatic rings. The Kier molecular flexibility index (Phi) is 7.35. The van der Waals surface area contributed by atoms with Gasteiger partial charge in [0.25, 0.3) is 5.91 Å². The maximum absolute atomic E-state index is 12.3. The number of hydrogen-bond acceptors (Lipinski definition) is 3. The number of benzene rings is 2. The minimum absolute atomic E-state index is 0. The fourth-order valence-corrected chi connectivity index (χ4v) is 2.03. The lowest BCUT2D eigenvalue weighted by molar-refractivity contribution is 0.0969. The lowest BCUT2D eigenvalue weighted by Gasteiger charge is -2.08. The van der Waals surface area contributed by atoms with Gasteiger partial charge in [-0.1, -0.05) is 50.2 Å². The molecule has 0 atom stereocenters. The Morgan fingerprint density at radius 2 is 1.91 bits per heavy atom. The molecular weight excluding hydrogens is 314 g/mol. The highest BCUT2D eigenvalue weighted by atomic mass is 35.5. The van der Waals surface area contributed by atoms with Crippen molar-refractivity contribution in [2.24, 2.45) is 16.8 Å². The van der Waals surface area contributed by atoms with Crippen molar-refractivity contribution in [2.45, 2.75) is 20.3 Å². The van der Waals surface area contributed by atoms with Crippen molar-refractivity contribution in [1.82, 2.24) is 5.32 Å². The number of fused-ring (bicyclic) bond motifs is 1. The number of nitrogens with zero attached hydrogens (tertiary/aromatic N) is 1. The predicted octanol–water partition coefficient (Wildman–Crippen LogP) is 3.28. The standard InChI is InChI=1S/C17H21N3O2.ClH/c1-12(2)10-11-22-20-17(18)19-16(21)15-9-5-7-13-6-3-4-8-14(13)15;/h3-9,12H,10-11H2,1-2H3,(H3,18,19,20,21);1H. The van der Waals surface area contributed by atoms with Gasteiger partial charge in [0.15, 0.2) is 0 Å². The summed E-state index contributed by atoms with van der Waals surface area (Å²) >= 11 is 0. The van der Waals surface area contributed by atoms with E-state index in [0.29, 0.717) is 18.1 Å². The number of hydrogen-bond donors (Lipinski definition) is 2. The second-order valence-electron chi connectivity index (χ2n) is 5.47. The minimum Gasteiger partial charge on any atom is -0.393 e. The largest absolute Gasteiger partial charge is 0.393 e. The Hall–Kier alpha value is -2.27. The van der Waals surface area contributed by atoms with Crippen molar-refractivity contribution < 1.29 is 9.63 Å². The van der Waals surface area contributed by atoms with Gasteiger partial charge in [-0.25, -0.2) is 0 Å². The first kappa shape index (κ1) is 18.8. The third-order valence-electron chi connectivity index (χ3n) is 3.23. The summed E-state index contributed by atoms with van der Waals surface area (Å²) in [6, 6.07) is 13.2. The van der Waals surface area contributed by atoms with Crippen LogP contribution in [0.15, 0.2) is 47.6 Å². The molecule has 124 valence electrons. The van der Waals surface area contributed by atoms with Gasteiger partial charge in [0.1, 0.15) is 6.61 Å². The fourth-order valence-electron chi connectivity index (χ4n) is 2.03. The molecule has 2 aromatic carbocycles. The molecule has 6 heteroatoms. The summed E-state index contributed by atoms with van der Waals surface area (Å²) < 4.78 is 0. The van der Waals surface area contributed by atoms with Crippen molar-refractivity contribution in [2.75, 3.05) is 6.61 Å². The average Bonchev–Trinajstić information content (AvgIpc) is 2.50. The van der Waals surface area contributed by atoms with Gasteiger partial charge < -0.3 is 10.6 Å². The van der Waals surface area contributed by atoms with Gasteiger partial charge in [-0.05, 0) is 34.3 Å². The lowest BCUT2D eigenvalue weighted by atomic mass is 10.0. The smallest absolute Gasteiger partial charge is 0.258 e. The molecular formula is C17H22ClN3O2. The molecule has 0 aromatic heterocycles. The number of oxime groups is 1. The van der Waals surface area contributed by atoms with Gasteiger partial charge in [-0.15, -0.1) is 12.4 Å². The van der Waals surface area contributed by atoms with Crippen LogP contribution < -0.4 is 11.1 Å². The van der Waals surface area contributed by atoms with E-state index in [0.717, 1.165) is 17.2 Å². The van der Waals surface area contributed by atoms with Crippen molar-refractivity contribution in [3.63, 3.8) is 0 Å². The zero-order valence-electron chi connectivity index (χ0n) is 13.3. The summed E-state index contributed by atoms with van der Waals surface area (Å²) in [6.07, 6.45) is 0.883. The molecule has 0 bridgehead atoms. The number of amides is 1. The molecule has 0 saturated carbocycles. The summed E-state index contributed by atoms with van der Waals surface area (Å²) in [7, 11) is 0. The SMILES string of the molecule is CC(C)CCON=C(N)NC(=O)c1cccc2ccccc12.Cl. The molecule has 23 heavy (non-hydrogen) atoms. The molecule has 0 saturated heterocycles. The first-order valence-corrected chi connectivity index (χ1v) is 7.32. The first-order valence-electron chi connectivity index (χ1n) is 7.32. The summed E-state index contributed by atoms with van der Waals surface area (Å²) in [4.78, 5) is 17.4. The Labute approximate surface area is 142 Å². The normalized spacial score (nSPS) is 11.2. The summed E-state index contributed by atoms with van der Waals surface area (Å²) in [5, 5.41) is 8.11. The van der Waals surface area contributed by atoms with Gasteiger partial charge >= 0.3 is 0 Å². The number of nitrogens with two attached hydrogens (primary N) is 1. The molecule has 0 aliphatic carbocycles. The van der Waals surface area contributed by atoms with Crippen molar-refractivity contribution >= 4 is 35.0 Å². The number of carbonyl (C=O) groups excluding carboxylic acids is 1. The monoisotopic (exact) mass is 335 g/mol. The van der Waals surface area contributed by atoms with Crippen molar-refractivity contribution in [3.8, 4) is 0 Å². The third-order valence-corrected chi connectivity index (χ3v) is 3.23. The van der Waals surface area contributed by atoms with Crippen LogP contribution in [-0.2, 0) is 4.84 Å². The Morgan fingerprint density at radius 3 is 2.65 bits per heavy atom. The third kappa shape index (κ3) is 5.45. The Morgan fingerprint density at radius 1 is 1.22 bits per heavy atom. The zero-order valence-corrected chi connectivity index (χ0v) is 14.1. The maximum atomic E-state index is 12.3. The van der Waals surface area contributed by atoms with Crippen LogP contribution >= 0.6 is 12.4 Å². The van der Waals surface area contributed by atoms with Crippen LogP contribution in [-0.4, -0.2) is 18.5 Å². The molecule has 3 N–H and O–H groups in total. The Bertz CT molecular complexity index is 681. The number of rotatable bonds is 5. The van der Waals surface area contributed by atoms with E-state index in [-0.39, 0.29) is 24.3 Å². The van der Waals surface area contributed by atoms with E-state index < -0.39 is 0 Å². The van der Waals surface area contributed by atoms with Gasteiger partial charge in [-0.3, -0.25) is 10.1 Å². The predicted molar refractivity (Wildman–Crippen MR) is 95.7 cm³/mol. The van der Waals surface area contributed by atoms with Gasteiger partial charge in [0, 0.05) is 5.56 Å². The van der Waals surface area contributed by atoms with E-state index in [4.69, 9.17) is 10.6 Å². The summed E-state index contributed by atoms with van der Waals surface area (Å²) in [5.41, 5.74) is 6.22. The fraction of sp³-hybridized carbons (Fsp3) is 0.294. The van der Waals surface area contributed by atoms with E-state index in [9.17, 15) is 4.79 Å². The van der Waals surface area contributed by atoms with E-state index >= 15 is 0 Å². The van der Waals surface area contributed by atoms with Crippen LogP contribution in [0.3, 0.4) is 0 Å². The van der Waals surface area contributed by atoms with Crippen LogP contribution in [0.4, 0.5) is 0 Å². The average molecular weight is 336 g/mol. The summed E-state index contributed by atoms with van der Waals surface area (Å²) in [6.45, 7) is 4.67. The molecule has 0 fully saturated rings. The zero-order chi connectivity index (χ0) is 15.9. The molecule has 0 aliphatic heterocycles. The molecule has 0 spiro atoms. The molecule has 0 radical (unpaired) electrons. The number of carbonyl (C=O) groups is 1. The van der Waals surface area contributed by atoms with Crippen LogP contribution in [0.5, 0.6) is 0 Å². The Balaban J connectivity index is 0.00000264. The van der Waals surface area contributed by atoms with Crippen LogP contribution in [0.25, 0.3) is 10.8 Å². The highest BCUT2D eigenvalue weighted by molar-refractivity contribution is 6.12. The van der Waals surface area contributed by atoms with Crippen LogP contribution in [0.2, 0.25) is 0 Å². The molecule has 5 nitrogen and oxygen atoms in total. The quantitative estimate of drug-likeness (QED) is 0.381. The van der Waals surface area contributed by atoms with E-state index in [2.05, 4.69) is 24.3 Å². The van der Waals surface area contributed by atoms with Gasteiger partial charge in [0.2, 0.25) is 5.96 Å². The second-order valence-corrected chi connectivity index (χ2v) is 5.47. The van der Waals surface area contributed by atoms with E-state index in [1.807, 2.05) is 36.4 Å². The van der Waals surface area contributed by atoms with Crippen LogP contribution in [0, 0.1) is 5.92 Å². The molecule has 0 aliphatic rings. The maximum Gasteiger partial charge on any atom is 0.258 e. The van der Waals surface area contributed by atoms with Crippen LogP contribution in [0.1, 0.15) is 30.6 Å². The number of halogens is 1. The van der Waals surface area contributed by atoms with Gasteiger partial charge in [0.05, 0.1) is 0 Å². The van der Waals surface area contributed by atoms with Gasteiger partial charge in [-0.2, -0.15) is 0 Å². The van der Waals surface area contributed by atoms with Crippen molar-refractivity contribution in [1.29, 1.82) is 0 Å². The molecule has 0 unspecified atom stereocenters. The van der Waals surface area contributed by atoms with E-state index in [1.54, 1.807) is 6.07 Å². The topological polar surface area (TPSA) is 76.7 Å². The van der Waals surface area contributed by atoms with E-state index in [1.165, 1.54) is 0 Å². The highest BCUT2D eigenvalue weighted by Gasteiger charge is 2.10.